The highest BCUT2D eigenvalue weighted by molar-refractivity contribution is 5.85. The van der Waals surface area contributed by atoms with Gasteiger partial charge in [-0.2, -0.15) is 0 Å². The molecule has 0 aliphatic heterocycles. The van der Waals surface area contributed by atoms with Crippen molar-refractivity contribution in [2.75, 3.05) is 6.61 Å². The SMILES string of the molecule is Cc1ccc(F)c([C@@H](N)C(F)(F)CO)c1O.Cl. The van der Waals surface area contributed by atoms with E-state index in [0.717, 1.165) is 6.07 Å². The van der Waals surface area contributed by atoms with Gasteiger partial charge in [-0.25, -0.2) is 13.2 Å². The summed E-state index contributed by atoms with van der Waals surface area (Å²) in [5.74, 6) is -5.32. The molecule has 0 spiro atoms. The van der Waals surface area contributed by atoms with Gasteiger partial charge in [0.1, 0.15) is 24.2 Å². The number of aliphatic hydroxyl groups is 1. The summed E-state index contributed by atoms with van der Waals surface area (Å²) >= 11 is 0. The van der Waals surface area contributed by atoms with Crippen LogP contribution in [0.2, 0.25) is 0 Å². The molecule has 1 rings (SSSR count). The van der Waals surface area contributed by atoms with Crippen molar-refractivity contribution in [1.82, 2.24) is 0 Å². The summed E-state index contributed by atoms with van der Waals surface area (Å²) in [6.45, 7) is -0.0803. The summed E-state index contributed by atoms with van der Waals surface area (Å²) < 4.78 is 39.4. The number of hydrogen-bond acceptors (Lipinski definition) is 3. The molecule has 17 heavy (non-hydrogen) atoms. The predicted molar refractivity (Wildman–Crippen MR) is 59.0 cm³/mol. The van der Waals surface area contributed by atoms with Gasteiger partial charge in [0.2, 0.25) is 0 Å². The third kappa shape index (κ3) is 3.02. The number of rotatable bonds is 3. The highest BCUT2D eigenvalue weighted by Crippen LogP contribution is 2.36. The Morgan fingerprint density at radius 2 is 1.94 bits per heavy atom. The smallest absolute Gasteiger partial charge is 0.289 e. The van der Waals surface area contributed by atoms with Crippen LogP contribution in [0.1, 0.15) is 17.2 Å². The normalized spacial score (nSPS) is 13.1. The zero-order chi connectivity index (χ0) is 12.5. The molecule has 0 unspecified atom stereocenters. The number of halogens is 4. The van der Waals surface area contributed by atoms with E-state index in [1.807, 2.05) is 0 Å². The van der Waals surface area contributed by atoms with Gasteiger partial charge in [0.05, 0.1) is 5.56 Å². The molecule has 0 radical (unpaired) electrons. The van der Waals surface area contributed by atoms with E-state index in [1.165, 1.54) is 13.0 Å². The van der Waals surface area contributed by atoms with Crippen molar-refractivity contribution in [3.63, 3.8) is 0 Å². The summed E-state index contributed by atoms with van der Waals surface area (Å²) in [5, 5.41) is 17.9. The molecule has 0 saturated heterocycles. The third-order valence-electron chi connectivity index (χ3n) is 2.34. The Balaban J connectivity index is 0.00000256. The van der Waals surface area contributed by atoms with Crippen molar-refractivity contribution >= 4 is 12.4 Å². The maximum atomic E-state index is 13.3. The van der Waals surface area contributed by atoms with Crippen molar-refractivity contribution in [2.45, 2.75) is 18.9 Å². The van der Waals surface area contributed by atoms with Crippen LogP contribution in [0.15, 0.2) is 12.1 Å². The fourth-order valence-corrected chi connectivity index (χ4v) is 1.30. The van der Waals surface area contributed by atoms with E-state index in [9.17, 15) is 18.3 Å². The number of aryl methyl sites for hydroxylation is 1. The molecule has 0 aliphatic rings. The van der Waals surface area contributed by atoms with Crippen molar-refractivity contribution in [3.05, 3.63) is 29.1 Å². The molecule has 0 saturated carbocycles. The highest BCUT2D eigenvalue weighted by atomic mass is 35.5. The number of phenolic OH excluding ortho intramolecular Hbond substituents is 1. The average Bonchev–Trinajstić information content (AvgIpc) is 2.24. The fourth-order valence-electron chi connectivity index (χ4n) is 1.30. The summed E-state index contributed by atoms with van der Waals surface area (Å²) in [6.07, 6.45) is 0. The maximum Gasteiger partial charge on any atom is 0.289 e. The number of aromatic hydroxyl groups is 1. The Hall–Kier alpha value is -0.980. The van der Waals surface area contributed by atoms with Crippen LogP contribution >= 0.6 is 12.4 Å². The molecule has 7 heteroatoms. The van der Waals surface area contributed by atoms with Crippen molar-refractivity contribution in [3.8, 4) is 5.75 Å². The molecule has 0 fully saturated rings. The molecule has 0 heterocycles. The van der Waals surface area contributed by atoms with Crippen LogP contribution in [0.5, 0.6) is 5.75 Å². The van der Waals surface area contributed by atoms with Gasteiger partial charge in [-0.05, 0) is 18.6 Å². The van der Waals surface area contributed by atoms with E-state index in [0.29, 0.717) is 0 Å². The van der Waals surface area contributed by atoms with Crippen molar-refractivity contribution in [1.29, 1.82) is 0 Å². The Labute approximate surface area is 102 Å². The zero-order valence-corrected chi connectivity index (χ0v) is 9.77. The van der Waals surface area contributed by atoms with E-state index in [1.54, 1.807) is 0 Å². The monoisotopic (exact) mass is 271 g/mol. The standard InChI is InChI=1S/C10H12F3NO2.ClH/c1-5-2-3-6(11)7(8(5)16)9(14)10(12,13)4-15;/h2-3,9,15-16H,4,14H2,1H3;1H/t9-;/m1./s1. The lowest BCUT2D eigenvalue weighted by Gasteiger charge is -2.23. The van der Waals surface area contributed by atoms with Gasteiger partial charge in [-0.1, -0.05) is 6.07 Å². The van der Waals surface area contributed by atoms with Crippen LogP contribution in [0.3, 0.4) is 0 Å². The second kappa shape index (κ2) is 5.57. The van der Waals surface area contributed by atoms with Gasteiger partial charge in [-0.15, -0.1) is 12.4 Å². The molecule has 98 valence electrons. The first-order valence-electron chi connectivity index (χ1n) is 4.53. The topological polar surface area (TPSA) is 66.5 Å². The van der Waals surface area contributed by atoms with E-state index in [-0.39, 0.29) is 18.0 Å². The number of alkyl halides is 2. The summed E-state index contributed by atoms with van der Waals surface area (Å²) in [5.41, 5.74) is 4.70. The number of aliphatic hydroxyl groups excluding tert-OH is 1. The minimum atomic E-state index is -3.69. The van der Waals surface area contributed by atoms with Crippen molar-refractivity contribution < 1.29 is 23.4 Å². The highest BCUT2D eigenvalue weighted by Gasteiger charge is 2.40. The molecule has 4 N–H and O–H groups in total. The van der Waals surface area contributed by atoms with E-state index in [4.69, 9.17) is 10.8 Å². The van der Waals surface area contributed by atoms with Gasteiger partial charge in [0, 0.05) is 0 Å². The second-order valence-electron chi connectivity index (χ2n) is 3.52. The van der Waals surface area contributed by atoms with Gasteiger partial charge in [0.15, 0.2) is 0 Å². The van der Waals surface area contributed by atoms with Crippen LogP contribution in [0.4, 0.5) is 13.2 Å². The molecule has 1 aromatic rings. The van der Waals surface area contributed by atoms with Gasteiger partial charge < -0.3 is 15.9 Å². The van der Waals surface area contributed by atoms with Gasteiger partial charge in [-0.3, -0.25) is 0 Å². The number of nitrogens with two attached hydrogens (primary N) is 1. The summed E-state index contributed by atoms with van der Waals surface area (Å²) in [6, 6.07) is 0.104. The van der Waals surface area contributed by atoms with Crippen LogP contribution in [0, 0.1) is 12.7 Å². The van der Waals surface area contributed by atoms with Crippen LogP contribution in [-0.2, 0) is 0 Å². The Morgan fingerprint density at radius 1 is 1.41 bits per heavy atom. The molecule has 0 amide bonds. The molecule has 0 aromatic heterocycles. The largest absolute Gasteiger partial charge is 0.507 e. The lowest BCUT2D eigenvalue weighted by Crippen LogP contribution is -2.36. The van der Waals surface area contributed by atoms with E-state index >= 15 is 0 Å². The lowest BCUT2D eigenvalue weighted by atomic mass is 9.98. The third-order valence-corrected chi connectivity index (χ3v) is 2.34. The van der Waals surface area contributed by atoms with E-state index in [2.05, 4.69) is 0 Å². The number of benzene rings is 1. The molecule has 1 atom stereocenters. The Kier molecular flexibility index (Phi) is 5.25. The molecule has 3 nitrogen and oxygen atoms in total. The molecular weight excluding hydrogens is 259 g/mol. The molecule has 1 aromatic carbocycles. The second-order valence-corrected chi connectivity index (χ2v) is 3.52. The Bertz CT molecular complexity index is 401. The molecule has 0 bridgehead atoms. The predicted octanol–water partition coefficient (Wildman–Crippen LogP) is 1.89. The molecule has 0 aliphatic carbocycles. The van der Waals surface area contributed by atoms with Crippen molar-refractivity contribution in [2.24, 2.45) is 5.73 Å². The first-order chi connectivity index (χ1) is 7.31. The van der Waals surface area contributed by atoms with Gasteiger partial charge >= 0.3 is 0 Å². The van der Waals surface area contributed by atoms with Crippen LogP contribution in [-0.4, -0.2) is 22.7 Å². The van der Waals surface area contributed by atoms with Crippen LogP contribution in [0.25, 0.3) is 0 Å². The summed E-state index contributed by atoms with van der Waals surface area (Å²) in [4.78, 5) is 0. The minimum Gasteiger partial charge on any atom is -0.507 e. The zero-order valence-electron chi connectivity index (χ0n) is 8.95. The fraction of sp³-hybridized carbons (Fsp3) is 0.400. The first kappa shape index (κ1) is 16.0. The quantitative estimate of drug-likeness (QED) is 0.786. The number of hydrogen-bond donors (Lipinski definition) is 3. The van der Waals surface area contributed by atoms with E-state index < -0.39 is 35.7 Å². The average molecular weight is 272 g/mol. The maximum absolute atomic E-state index is 13.3. The van der Waals surface area contributed by atoms with Gasteiger partial charge in [0.25, 0.3) is 5.92 Å². The first-order valence-corrected chi connectivity index (χ1v) is 4.53. The Morgan fingerprint density at radius 3 is 2.41 bits per heavy atom. The summed E-state index contributed by atoms with van der Waals surface area (Å²) in [7, 11) is 0. The minimum absolute atomic E-state index is 0. The molecular formula is C10H13ClF3NO2. The lowest BCUT2D eigenvalue weighted by molar-refractivity contribution is -0.0723. The number of phenols is 1. The van der Waals surface area contributed by atoms with Crippen LogP contribution < -0.4 is 5.73 Å².